The lowest BCUT2D eigenvalue weighted by Crippen LogP contribution is -2.05. The van der Waals surface area contributed by atoms with E-state index in [1.165, 1.54) is 24.3 Å². The van der Waals surface area contributed by atoms with E-state index in [1.54, 1.807) is 6.07 Å². The molecule has 0 spiro atoms. The molecular weight excluding hydrogens is 258 g/mol. The van der Waals surface area contributed by atoms with Crippen molar-refractivity contribution in [2.24, 2.45) is 5.73 Å². The highest BCUT2D eigenvalue weighted by Gasteiger charge is 2.30. The van der Waals surface area contributed by atoms with Gasteiger partial charge in [0.1, 0.15) is 5.82 Å². The standard InChI is InChI=1S/C14H11F4N/c15-13-10(8-19)4-2-6-12(13)9-3-1-5-11(7-9)14(16,17)18/h1-7H,8,19H2. The number of hydrogen-bond donors (Lipinski definition) is 1. The highest BCUT2D eigenvalue weighted by molar-refractivity contribution is 5.66. The molecule has 0 aliphatic carbocycles. The summed E-state index contributed by atoms with van der Waals surface area (Å²) in [5.74, 6) is -0.579. The SMILES string of the molecule is NCc1cccc(-c2cccc(C(F)(F)F)c2)c1F. The van der Waals surface area contributed by atoms with Crippen LogP contribution in [0.15, 0.2) is 42.5 Å². The van der Waals surface area contributed by atoms with Crippen LogP contribution in [0, 0.1) is 5.82 Å². The summed E-state index contributed by atoms with van der Waals surface area (Å²) in [6.45, 7) is -0.00135. The van der Waals surface area contributed by atoms with Gasteiger partial charge in [0.2, 0.25) is 0 Å². The lowest BCUT2D eigenvalue weighted by Gasteiger charge is -2.10. The zero-order valence-corrected chi connectivity index (χ0v) is 9.84. The summed E-state index contributed by atoms with van der Waals surface area (Å²) in [6.07, 6.45) is -4.45. The molecule has 2 N–H and O–H groups in total. The van der Waals surface area contributed by atoms with E-state index in [-0.39, 0.29) is 23.2 Å². The van der Waals surface area contributed by atoms with Gasteiger partial charge in [-0.3, -0.25) is 0 Å². The van der Waals surface area contributed by atoms with Gasteiger partial charge in [0.15, 0.2) is 0 Å². The molecule has 1 nitrogen and oxygen atoms in total. The van der Waals surface area contributed by atoms with Gasteiger partial charge in [0.05, 0.1) is 5.56 Å². The molecule has 0 heterocycles. The van der Waals surface area contributed by atoms with Crippen molar-refractivity contribution < 1.29 is 17.6 Å². The third-order valence-corrected chi connectivity index (χ3v) is 2.80. The van der Waals surface area contributed by atoms with Crippen molar-refractivity contribution in [3.05, 3.63) is 59.4 Å². The average Bonchev–Trinajstić information content (AvgIpc) is 2.38. The van der Waals surface area contributed by atoms with E-state index in [0.29, 0.717) is 0 Å². The molecular formula is C14H11F4N. The first kappa shape index (κ1) is 13.5. The number of rotatable bonds is 2. The van der Waals surface area contributed by atoms with Crippen LogP contribution in [-0.2, 0) is 12.7 Å². The third kappa shape index (κ3) is 2.76. The monoisotopic (exact) mass is 269 g/mol. The molecule has 19 heavy (non-hydrogen) atoms. The summed E-state index contributed by atoms with van der Waals surface area (Å²) in [4.78, 5) is 0. The smallest absolute Gasteiger partial charge is 0.326 e. The molecule has 100 valence electrons. The summed E-state index contributed by atoms with van der Waals surface area (Å²) >= 11 is 0. The second kappa shape index (κ2) is 5.01. The van der Waals surface area contributed by atoms with E-state index >= 15 is 0 Å². The summed E-state index contributed by atoms with van der Waals surface area (Å²) < 4.78 is 51.9. The van der Waals surface area contributed by atoms with E-state index < -0.39 is 17.6 Å². The Morgan fingerprint density at radius 1 is 1.00 bits per heavy atom. The van der Waals surface area contributed by atoms with E-state index in [1.807, 2.05) is 0 Å². The van der Waals surface area contributed by atoms with Crippen LogP contribution < -0.4 is 5.73 Å². The van der Waals surface area contributed by atoms with Gasteiger partial charge in [-0.1, -0.05) is 30.3 Å². The molecule has 2 aromatic rings. The van der Waals surface area contributed by atoms with Crippen LogP contribution in [-0.4, -0.2) is 0 Å². The van der Waals surface area contributed by atoms with Crippen molar-refractivity contribution in [3.8, 4) is 11.1 Å². The van der Waals surface area contributed by atoms with E-state index in [9.17, 15) is 17.6 Å². The number of hydrogen-bond acceptors (Lipinski definition) is 1. The lowest BCUT2D eigenvalue weighted by molar-refractivity contribution is -0.137. The van der Waals surface area contributed by atoms with Gasteiger partial charge < -0.3 is 5.73 Å². The van der Waals surface area contributed by atoms with Crippen LogP contribution in [0.3, 0.4) is 0 Å². The Labute approximate surface area is 107 Å². The lowest BCUT2D eigenvalue weighted by atomic mass is 10.00. The van der Waals surface area contributed by atoms with E-state index in [4.69, 9.17) is 5.73 Å². The maximum absolute atomic E-state index is 14.0. The fourth-order valence-electron chi connectivity index (χ4n) is 1.82. The minimum Gasteiger partial charge on any atom is -0.326 e. The molecule has 0 bridgehead atoms. The first-order chi connectivity index (χ1) is 8.93. The Bertz CT molecular complexity index is 590. The summed E-state index contributed by atoms with van der Waals surface area (Å²) in [7, 11) is 0. The minimum atomic E-state index is -4.45. The second-order valence-corrected chi connectivity index (χ2v) is 4.06. The van der Waals surface area contributed by atoms with Crippen molar-refractivity contribution in [2.75, 3.05) is 0 Å². The van der Waals surface area contributed by atoms with Crippen LogP contribution in [0.5, 0.6) is 0 Å². The number of alkyl halides is 3. The fraction of sp³-hybridized carbons (Fsp3) is 0.143. The van der Waals surface area contributed by atoms with Crippen LogP contribution in [0.2, 0.25) is 0 Å². The molecule has 0 aliphatic rings. The number of benzene rings is 2. The van der Waals surface area contributed by atoms with Gasteiger partial charge in [-0.15, -0.1) is 0 Å². The van der Waals surface area contributed by atoms with Crippen LogP contribution >= 0.6 is 0 Å². The Morgan fingerprint density at radius 2 is 1.68 bits per heavy atom. The number of halogens is 4. The molecule has 2 rings (SSSR count). The molecule has 0 saturated heterocycles. The Balaban J connectivity index is 2.54. The molecule has 0 unspecified atom stereocenters. The van der Waals surface area contributed by atoms with E-state index in [2.05, 4.69) is 0 Å². The molecule has 0 fully saturated rings. The molecule has 5 heteroatoms. The molecule has 0 aromatic heterocycles. The molecule has 0 aliphatic heterocycles. The fourth-order valence-corrected chi connectivity index (χ4v) is 1.82. The van der Waals surface area contributed by atoms with Crippen LogP contribution in [0.1, 0.15) is 11.1 Å². The van der Waals surface area contributed by atoms with Gasteiger partial charge in [0, 0.05) is 17.7 Å². The zero-order valence-electron chi connectivity index (χ0n) is 9.84. The van der Waals surface area contributed by atoms with Gasteiger partial charge >= 0.3 is 6.18 Å². The van der Waals surface area contributed by atoms with Crippen molar-refractivity contribution in [1.82, 2.24) is 0 Å². The molecule has 2 aromatic carbocycles. The first-order valence-electron chi connectivity index (χ1n) is 5.58. The molecule has 0 saturated carbocycles. The predicted octanol–water partition coefficient (Wildman–Crippen LogP) is 3.97. The topological polar surface area (TPSA) is 26.0 Å². The average molecular weight is 269 g/mol. The maximum atomic E-state index is 14.0. The second-order valence-electron chi connectivity index (χ2n) is 4.06. The maximum Gasteiger partial charge on any atom is 0.416 e. The molecule has 0 radical (unpaired) electrons. The van der Waals surface area contributed by atoms with Crippen LogP contribution in [0.25, 0.3) is 11.1 Å². The van der Waals surface area contributed by atoms with Crippen molar-refractivity contribution in [2.45, 2.75) is 12.7 Å². The van der Waals surface area contributed by atoms with Crippen molar-refractivity contribution >= 4 is 0 Å². The van der Waals surface area contributed by atoms with Crippen molar-refractivity contribution in [1.29, 1.82) is 0 Å². The Morgan fingerprint density at radius 3 is 2.32 bits per heavy atom. The highest BCUT2D eigenvalue weighted by Crippen LogP contribution is 2.33. The number of nitrogens with two attached hydrogens (primary N) is 1. The van der Waals surface area contributed by atoms with Gasteiger partial charge in [-0.05, 0) is 17.7 Å². The van der Waals surface area contributed by atoms with Crippen LogP contribution in [0.4, 0.5) is 17.6 Å². The van der Waals surface area contributed by atoms with Gasteiger partial charge in [-0.2, -0.15) is 13.2 Å². The van der Waals surface area contributed by atoms with E-state index in [0.717, 1.165) is 12.1 Å². The largest absolute Gasteiger partial charge is 0.416 e. The van der Waals surface area contributed by atoms with Crippen molar-refractivity contribution in [3.63, 3.8) is 0 Å². The highest BCUT2D eigenvalue weighted by atomic mass is 19.4. The molecule has 0 atom stereocenters. The predicted molar refractivity (Wildman–Crippen MR) is 64.7 cm³/mol. The third-order valence-electron chi connectivity index (χ3n) is 2.80. The quantitative estimate of drug-likeness (QED) is 0.820. The first-order valence-corrected chi connectivity index (χ1v) is 5.58. The van der Waals surface area contributed by atoms with Gasteiger partial charge in [0.25, 0.3) is 0 Å². The van der Waals surface area contributed by atoms with Gasteiger partial charge in [-0.25, -0.2) is 4.39 Å². The summed E-state index contributed by atoms with van der Waals surface area (Å²) in [6, 6.07) is 9.09. The summed E-state index contributed by atoms with van der Waals surface area (Å²) in [5.41, 5.74) is 5.15. The minimum absolute atomic E-state index is 0.00135. The Kier molecular flexibility index (Phi) is 3.57. The Hall–Kier alpha value is -1.88. The zero-order chi connectivity index (χ0) is 14.0. The summed E-state index contributed by atoms with van der Waals surface area (Å²) in [5, 5.41) is 0. The normalized spacial score (nSPS) is 11.6. The molecule has 0 amide bonds.